The molecule has 3 rings (SSSR count). The van der Waals surface area contributed by atoms with Gasteiger partial charge in [-0.25, -0.2) is 0 Å². The van der Waals surface area contributed by atoms with Crippen molar-refractivity contribution < 1.29 is 4.79 Å². The molecular weight excluding hydrogens is 338 g/mol. The van der Waals surface area contributed by atoms with Crippen molar-refractivity contribution in [2.24, 2.45) is 0 Å². The Morgan fingerprint density at radius 1 is 0.963 bits per heavy atom. The molecule has 6 heteroatoms. The number of aromatic nitrogens is 3. The normalized spacial score (nSPS) is 10.4. The van der Waals surface area contributed by atoms with Crippen molar-refractivity contribution in [1.82, 2.24) is 20.1 Å². The SMILES string of the molecule is CCN(c1ccccc1)c1ccc(C(=O)N(C)CCc2ccncc2)nn1. The minimum atomic E-state index is -0.133. The summed E-state index contributed by atoms with van der Waals surface area (Å²) in [6, 6.07) is 17.5. The Kier molecular flexibility index (Phi) is 6.10. The van der Waals surface area contributed by atoms with Crippen LogP contribution in [-0.2, 0) is 6.42 Å². The molecule has 0 bridgehead atoms. The number of rotatable bonds is 7. The molecule has 0 fully saturated rings. The molecule has 0 aliphatic rings. The Balaban J connectivity index is 1.66. The minimum Gasteiger partial charge on any atom is -0.340 e. The Morgan fingerprint density at radius 3 is 2.33 bits per heavy atom. The number of likely N-dealkylation sites (N-methyl/N-ethyl adjacent to an activating group) is 1. The van der Waals surface area contributed by atoms with Gasteiger partial charge in [0.15, 0.2) is 11.5 Å². The van der Waals surface area contributed by atoms with Crippen molar-refractivity contribution in [3.8, 4) is 0 Å². The standard InChI is InChI=1S/C21H23N5O/c1-3-26(18-7-5-4-6-8-18)20-10-9-19(23-24-20)21(27)25(2)16-13-17-11-14-22-15-12-17/h4-12,14-15H,3,13,16H2,1-2H3. The molecule has 27 heavy (non-hydrogen) atoms. The molecule has 0 saturated heterocycles. The smallest absolute Gasteiger partial charge is 0.274 e. The third-order valence-corrected chi connectivity index (χ3v) is 4.36. The number of carbonyl (C=O) groups excluding carboxylic acids is 1. The summed E-state index contributed by atoms with van der Waals surface area (Å²) in [5, 5.41) is 8.42. The molecule has 6 nitrogen and oxygen atoms in total. The zero-order chi connectivity index (χ0) is 19.1. The quantitative estimate of drug-likeness (QED) is 0.646. The molecule has 2 aromatic heterocycles. The van der Waals surface area contributed by atoms with Crippen LogP contribution in [0.5, 0.6) is 0 Å². The maximum absolute atomic E-state index is 12.6. The fourth-order valence-corrected chi connectivity index (χ4v) is 2.81. The maximum Gasteiger partial charge on any atom is 0.274 e. The van der Waals surface area contributed by atoms with Crippen LogP contribution in [0, 0.1) is 0 Å². The number of anilines is 2. The largest absolute Gasteiger partial charge is 0.340 e. The van der Waals surface area contributed by atoms with Crippen molar-refractivity contribution in [2.45, 2.75) is 13.3 Å². The second-order valence-electron chi connectivity index (χ2n) is 6.19. The van der Waals surface area contributed by atoms with Gasteiger partial charge in [0.25, 0.3) is 5.91 Å². The first-order chi connectivity index (χ1) is 13.2. The number of nitrogens with zero attached hydrogens (tertiary/aromatic N) is 5. The average molecular weight is 361 g/mol. The predicted molar refractivity (Wildman–Crippen MR) is 106 cm³/mol. The molecule has 0 N–H and O–H groups in total. The van der Waals surface area contributed by atoms with E-state index in [1.807, 2.05) is 48.5 Å². The van der Waals surface area contributed by atoms with E-state index in [4.69, 9.17) is 0 Å². The lowest BCUT2D eigenvalue weighted by Gasteiger charge is -2.22. The van der Waals surface area contributed by atoms with E-state index in [0.717, 1.165) is 30.0 Å². The minimum absolute atomic E-state index is 0.133. The summed E-state index contributed by atoms with van der Waals surface area (Å²) in [5.41, 5.74) is 2.54. The number of pyridine rings is 1. The molecular formula is C21H23N5O. The Morgan fingerprint density at radius 2 is 1.70 bits per heavy atom. The highest BCUT2D eigenvalue weighted by atomic mass is 16.2. The van der Waals surface area contributed by atoms with Crippen molar-refractivity contribution in [2.75, 3.05) is 25.0 Å². The van der Waals surface area contributed by atoms with Gasteiger partial charge in [0.2, 0.25) is 0 Å². The van der Waals surface area contributed by atoms with E-state index in [-0.39, 0.29) is 5.91 Å². The van der Waals surface area contributed by atoms with Crippen molar-refractivity contribution in [3.05, 3.63) is 78.2 Å². The predicted octanol–water partition coefficient (Wildman–Crippen LogP) is 3.34. The lowest BCUT2D eigenvalue weighted by molar-refractivity contribution is 0.0789. The van der Waals surface area contributed by atoms with Crippen LogP contribution in [0.4, 0.5) is 11.5 Å². The summed E-state index contributed by atoms with van der Waals surface area (Å²) in [7, 11) is 1.78. The molecule has 0 unspecified atom stereocenters. The lowest BCUT2D eigenvalue weighted by Crippen LogP contribution is -2.30. The van der Waals surface area contributed by atoms with Gasteiger partial charge in [-0.3, -0.25) is 9.78 Å². The maximum atomic E-state index is 12.6. The topological polar surface area (TPSA) is 62.2 Å². The third-order valence-electron chi connectivity index (χ3n) is 4.36. The first-order valence-corrected chi connectivity index (χ1v) is 8.99. The summed E-state index contributed by atoms with van der Waals surface area (Å²) in [6.07, 6.45) is 4.29. The Hall–Kier alpha value is -3.28. The van der Waals surface area contributed by atoms with Crippen molar-refractivity contribution in [1.29, 1.82) is 0 Å². The Labute approximate surface area is 159 Å². The van der Waals surface area contributed by atoms with Gasteiger partial charge in [-0.1, -0.05) is 18.2 Å². The number of hydrogen-bond donors (Lipinski definition) is 0. The van der Waals surface area contributed by atoms with Crippen LogP contribution < -0.4 is 4.90 Å². The zero-order valence-electron chi connectivity index (χ0n) is 15.6. The number of amides is 1. The van der Waals surface area contributed by atoms with E-state index in [1.165, 1.54) is 0 Å². The molecule has 0 radical (unpaired) electrons. The second-order valence-corrected chi connectivity index (χ2v) is 6.19. The van der Waals surface area contributed by atoms with Gasteiger partial charge in [0, 0.05) is 38.2 Å². The molecule has 0 spiro atoms. The molecule has 0 saturated carbocycles. The highest BCUT2D eigenvalue weighted by molar-refractivity contribution is 5.92. The van der Waals surface area contributed by atoms with Gasteiger partial charge in [-0.2, -0.15) is 0 Å². The van der Waals surface area contributed by atoms with Gasteiger partial charge >= 0.3 is 0 Å². The van der Waals surface area contributed by atoms with Gasteiger partial charge in [0.1, 0.15) is 0 Å². The van der Waals surface area contributed by atoms with E-state index >= 15 is 0 Å². The molecule has 0 aliphatic heterocycles. The fraction of sp³-hybridized carbons (Fsp3) is 0.238. The summed E-state index contributed by atoms with van der Waals surface area (Å²) in [6.45, 7) is 3.43. The van der Waals surface area contributed by atoms with Crippen LogP contribution in [0.15, 0.2) is 67.0 Å². The van der Waals surface area contributed by atoms with E-state index < -0.39 is 0 Å². The molecule has 138 valence electrons. The fourth-order valence-electron chi connectivity index (χ4n) is 2.81. The van der Waals surface area contributed by atoms with Crippen LogP contribution in [0.25, 0.3) is 0 Å². The van der Waals surface area contributed by atoms with Crippen LogP contribution in [0.1, 0.15) is 23.0 Å². The molecule has 0 atom stereocenters. The van der Waals surface area contributed by atoms with E-state index in [2.05, 4.69) is 27.0 Å². The lowest BCUT2D eigenvalue weighted by atomic mass is 10.2. The van der Waals surface area contributed by atoms with Gasteiger partial charge < -0.3 is 9.80 Å². The number of hydrogen-bond acceptors (Lipinski definition) is 5. The highest BCUT2D eigenvalue weighted by Gasteiger charge is 2.15. The highest BCUT2D eigenvalue weighted by Crippen LogP contribution is 2.22. The first kappa shape index (κ1) is 18.5. The zero-order valence-corrected chi connectivity index (χ0v) is 15.6. The van der Waals surface area contributed by atoms with Crippen molar-refractivity contribution >= 4 is 17.4 Å². The van der Waals surface area contributed by atoms with E-state index in [1.54, 1.807) is 30.4 Å². The van der Waals surface area contributed by atoms with E-state index in [9.17, 15) is 4.79 Å². The number of benzene rings is 1. The van der Waals surface area contributed by atoms with Gasteiger partial charge in [-0.05, 0) is 55.3 Å². The summed E-state index contributed by atoms with van der Waals surface area (Å²) >= 11 is 0. The third kappa shape index (κ3) is 4.67. The molecule has 3 aromatic rings. The summed E-state index contributed by atoms with van der Waals surface area (Å²) in [5.74, 6) is 0.588. The van der Waals surface area contributed by atoms with Crippen LogP contribution >= 0.6 is 0 Å². The molecule has 0 aliphatic carbocycles. The van der Waals surface area contributed by atoms with Gasteiger partial charge in [-0.15, -0.1) is 10.2 Å². The first-order valence-electron chi connectivity index (χ1n) is 8.99. The molecule has 2 heterocycles. The molecule has 1 aromatic carbocycles. The monoisotopic (exact) mass is 361 g/mol. The van der Waals surface area contributed by atoms with Crippen molar-refractivity contribution in [3.63, 3.8) is 0 Å². The number of para-hydroxylation sites is 1. The second kappa shape index (κ2) is 8.89. The van der Waals surface area contributed by atoms with Crippen LogP contribution in [0.2, 0.25) is 0 Å². The summed E-state index contributed by atoms with van der Waals surface area (Å²) in [4.78, 5) is 20.3. The van der Waals surface area contributed by atoms with Crippen LogP contribution in [-0.4, -0.2) is 46.1 Å². The van der Waals surface area contributed by atoms with Crippen LogP contribution in [0.3, 0.4) is 0 Å². The Bertz CT molecular complexity index is 853. The van der Waals surface area contributed by atoms with Gasteiger partial charge in [0.05, 0.1) is 0 Å². The van der Waals surface area contributed by atoms with E-state index in [0.29, 0.717) is 12.2 Å². The number of carbonyl (C=O) groups is 1. The molecule has 1 amide bonds. The average Bonchev–Trinajstić information content (AvgIpc) is 2.74. The summed E-state index contributed by atoms with van der Waals surface area (Å²) < 4.78 is 0.